The zero-order valence-corrected chi connectivity index (χ0v) is 19.8. The van der Waals surface area contributed by atoms with Gasteiger partial charge in [-0.3, -0.25) is 19.1 Å². The van der Waals surface area contributed by atoms with Gasteiger partial charge in [-0.05, 0) is 57.0 Å². The Hall–Kier alpha value is -4.33. The van der Waals surface area contributed by atoms with E-state index in [-0.39, 0.29) is 11.8 Å². The number of rotatable bonds is 5. The molecule has 174 valence electrons. The Balaban J connectivity index is 1.28. The van der Waals surface area contributed by atoms with E-state index in [2.05, 4.69) is 54.7 Å². The van der Waals surface area contributed by atoms with Crippen LogP contribution in [-0.2, 0) is 6.42 Å². The molecule has 0 radical (unpaired) electrons. The molecule has 1 aliphatic rings. The Morgan fingerprint density at radius 1 is 0.857 bits per heavy atom. The van der Waals surface area contributed by atoms with Crippen LogP contribution in [0.4, 0.5) is 0 Å². The van der Waals surface area contributed by atoms with Gasteiger partial charge in [-0.25, -0.2) is 14.5 Å². The van der Waals surface area contributed by atoms with Crippen molar-refractivity contribution in [1.29, 1.82) is 0 Å². The molecule has 0 bridgehead atoms. The Morgan fingerprint density at radius 2 is 1.54 bits per heavy atom. The van der Waals surface area contributed by atoms with Gasteiger partial charge in [0.15, 0.2) is 17.1 Å². The van der Waals surface area contributed by atoms with Gasteiger partial charge >= 0.3 is 0 Å². The molecule has 2 aromatic carbocycles. The number of benzene rings is 2. The number of carbonyl (C=O) groups is 2. The van der Waals surface area contributed by atoms with Gasteiger partial charge in [0.05, 0.1) is 16.5 Å². The average molecular weight is 465 g/mol. The maximum atomic E-state index is 12.6. The second kappa shape index (κ2) is 7.87. The lowest BCUT2D eigenvalue weighted by molar-refractivity contribution is 0.0652. The summed E-state index contributed by atoms with van der Waals surface area (Å²) in [4.78, 5) is 36.1. The number of amides is 2. The van der Waals surface area contributed by atoms with Gasteiger partial charge in [0, 0.05) is 24.3 Å². The number of aromatic nitrogens is 5. The Kier molecular flexibility index (Phi) is 4.77. The number of imide groups is 1. The Bertz CT molecular complexity index is 1610. The standard InChI is InChI=1S/C27H24N6O2/c1-16-10-12-19(13-11-16)33-18(3)17(2)23-24(33)28-15-32-25(23)29-22(30-32)9-6-14-31-26(34)20-7-4-5-8-21(20)27(31)35/h4-5,7-8,10-13,15H,6,9,14H2,1-3H3. The molecule has 0 saturated carbocycles. The zero-order chi connectivity index (χ0) is 24.3. The summed E-state index contributed by atoms with van der Waals surface area (Å²) in [5.74, 6) is 0.196. The third-order valence-electron chi connectivity index (χ3n) is 6.83. The predicted octanol–water partition coefficient (Wildman–Crippen LogP) is 4.22. The van der Waals surface area contributed by atoms with Crippen molar-refractivity contribution in [2.75, 3.05) is 6.54 Å². The topological polar surface area (TPSA) is 85.4 Å². The van der Waals surface area contributed by atoms with Crippen LogP contribution in [0.25, 0.3) is 22.4 Å². The largest absolute Gasteiger partial charge is 0.298 e. The van der Waals surface area contributed by atoms with Crippen LogP contribution in [0, 0.1) is 20.8 Å². The summed E-state index contributed by atoms with van der Waals surface area (Å²) in [6.07, 6.45) is 2.83. The minimum Gasteiger partial charge on any atom is -0.298 e. The number of nitrogens with zero attached hydrogens (tertiary/aromatic N) is 6. The minimum atomic E-state index is -0.233. The molecular weight excluding hydrogens is 440 g/mol. The van der Waals surface area contributed by atoms with Crippen molar-refractivity contribution in [3.05, 3.63) is 88.6 Å². The van der Waals surface area contributed by atoms with Crippen molar-refractivity contribution in [2.45, 2.75) is 33.6 Å². The molecule has 6 rings (SSSR count). The minimum absolute atomic E-state index is 0.233. The lowest BCUT2D eigenvalue weighted by atomic mass is 10.1. The van der Waals surface area contributed by atoms with Crippen LogP contribution < -0.4 is 0 Å². The van der Waals surface area contributed by atoms with E-state index in [1.54, 1.807) is 35.1 Å². The number of carbonyl (C=O) groups excluding carboxylic acids is 2. The van der Waals surface area contributed by atoms with Crippen molar-refractivity contribution in [1.82, 2.24) is 29.0 Å². The van der Waals surface area contributed by atoms with Gasteiger partial charge in [0.25, 0.3) is 11.8 Å². The predicted molar refractivity (Wildman–Crippen MR) is 132 cm³/mol. The molecule has 3 aromatic heterocycles. The molecule has 35 heavy (non-hydrogen) atoms. The zero-order valence-electron chi connectivity index (χ0n) is 19.8. The van der Waals surface area contributed by atoms with Crippen molar-refractivity contribution in [3.63, 3.8) is 0 Å². The summed E-state index contributed by atoms with van der Waals surface area (Å²) < 4.78 is 3.87. The van der Waals surface area contributed by atoms with E-state index < -0.39 is 0 Å². The molecule has 2 amide bonds. The lowest BCUT2D eigenvalue weighted by Crippen LogP contribution is -2.31. The van der Waals surface area contributed by atoms with Crippen molar-refractivity contribution in [3.8, 4) is 5.69 Å². The highest BCUT2D eigenvalue weighted by Gasteiger charge is 2.34. The normalized spacial score (nSPS) is 13.4. The number of hydrogen-bond acceptors (Lipinski definition) is 5. The molecule has 1 aliphatic heterocycles. The van der Waals surface area contributed by atoms with E-state index in [0.717, 1.165) is 33.6 Å². The molecular formula is C27H24N6O2. The Morgan fingerprint density at radius 3 is 2.23 bits per heavy atom. The van der Waals surface area contributed by atoms with Crippen molar-refractivity contribution in [2.24, 2.45) is 0 Å². The summed E-state index contributed by atoms with van der Waals surface area (Å²) in [6.45, 7) is 6.58. The van der Waals surface area contributed by atoms with Crippen LogP contribution in [0.15, 0.2) is 54.9 Å². The van der Waals surface area contributed by atoms with E-state index in [0.29, 0.717) is 36.3 Å². The molecule has 0 saturated heterocycles. The first-order valence-corrected chi connectivity index (χ1v) is 11.7. The van der Waals surface area contributed by atoms with E-state index in [4.69, 9.17) is 9.97 Å². The van der Waals surface area contributed by atoms with Crippen LogP contribution >= 0.6 is 0 Å². The molecule has 4 heterocycles. The molecule has 0 aliphatic carbocycles. The van der Waals surface area contributed by atoms with Crippen molar-refractivity contribution < 1.29 is 9.59 Å². The van der Waals surface area contributed by atoms with Gasteiger partial charge in [-0.1, -0.05) is 29.8 Å². The summed E-state index contributed by atoms with van der Waals surface area (Å²) in [6, 6.07) is 15.3. The Labute approximate surface area is 201 Å². The lowest BCUT2D eigenvalue weighted by Gasteiger charge is -2.12. The summed E-state index contributed by atoms with van der Waals surface area (Å²) in [7, 11) is 0. The molecule has 8 heteroatoms. The fourth-order valence-electron chi connectivity index (χ4n) is 4.86. The molecule has 0 spiro atoms. The second-order valence-electron chi connectivity index (χ2n) is 9.03. The molecule has 0 atom stereocenters. The molecule has 8 nitrogen and oxygen atoms in total. The highest BCUT2D eigenvalue weighted by atomic mass is 16.2. The quantitative estimate of drug-likeness (QED) is 0.364. The molecule has 0 N–H and O–H groups in total. The second-order valence-corrected chi connectivity index (χ2v) is 9.03. The first kappa shape index (κ1) is 21.2. The summed E-state index contributed by atoms with van der Waals surface area (Å²) in [5.41, 5.74) is 7.05. The highest BCUT2D eigenvalue weighted by Crippen LogP contribution is 2.30. The van der Waals surface area contributed by atoms with Crippen LogP contribution in [0.2, 0.25) is 0 Å². The summed E-state index contributed by atoms with van der Waals surface area (Å²) >= 11 is 0. The number of aryl methyl sites for hydroxylation is 3. The number of fused-ring (bicyclic) bond motifs is 4. The third kappa shape index (κ3) is 3.24. The van der Waals surface area contributed by atoms with Gasteiger partial charge in [-0.2, -0.15) is 0 Å². The number of hydrogen-bond donors (Lipinski definition) is 0. The van der Waals surface area contributed by atoms with Crippen LogP contribution in [0.5, 0.6) is 0 Å². The van der Waals surface area contributed by atoms with Gasteiger partial charge < -0.3 is 0 Å². The van der Waals surface area contributed by atoms with Crippen LogP contribution in [-0.4, -0.2) is 47.4 Å². The fourth-order valence-corrected chi connectivity index (χ4v) is 4.86. The maximum absolute atomic E-state index is 12.6. The third-order valence-corrected chi connectivity index (χ3v) is 6.83. The summed E-state index contributed by atoms with van der Waals surface area (Å²) in [5, 5.41) is 5.59. The average Bonchev–Trinajstić information content (AvgIpc) is 3.47. The first-order chi connectivity index (χ1) is 16.9. The van der Waals surface area contributed by atoms with Crippen LogP contribution in [0.3, 0.4) is 0 Å². The van der Waals surface area contributed by atoms with Gasteiger partial charge in [-0.15, -0.1) is 5.10 Å². The smallest absolute Gasteiger partial charge is 0.261 e. The highest BCUT2D eigenvalue weighted by molar-refractivity contribution is 6.21. The molecule has 5 aromatic rings. The molecule has 0 fully saturated rings. The fraction of sp³-hybridized carbons (Fsp3) is 0.222. The van der Waals surface area contributed by atoms with Crippen LogP contribution in [0.1, 0.15) is 49.8 Å². The van der Waals surface area contributed by atoms with Crippen molar-refractivity contribution >= 4 is 28.5 Å². The maximum Gasteiger partial charge on any atom is 0.261 e. The van der Waals surface area contributed by atoms with E-state index in [1.807, 2.05) is 0 Å². The monoisotopic (exact) mass is 464 g/mol. The first-order valence-electron chi connectivity index (χ1n) is 11.7. The van der Waals surface area contributed by atoms with Gasteiger partial charge in [0.1, 0.15) is 6.33 Å². The SMILES string of the molecule is Cc1ccc(-n2c(C)c(C)c3c2ncn2nc(CCCN4C(=O)c5ccccc5C4=O)nc32)cc1. The van der Waals surface area contributed by atoms with E-state index in [9.17, 15) is 9.59 Å². The van der Waals surface area contributed by atoms with E-state index in [1.165, 1.54) is 10.5 Å². The van der Waals surface area contributed by atoms with E-state index >= 15 is 0 Å². The van der Waals surface area contributed by atoms with Gasteiger partial charge in [0.2, 0.25) is 0 Å². The molecule has 0 unspecified atom stereocenters.